The quantitative estimate of drug-likeness (QED) is 0.646. The van der Waals surface area contributed by atoms with Gasteiger partial charge in [-0.3, -0.25) is 9.59 Å². The van der Waals surface area contributed by atoms with Crippen molar-refractivity contribution < 1.29 is 14.3 Å². The van der Waals surface area contributed by atoms with Gasteiger partial charge in [-0.1, -0.05) is 0 Å². The predicted octanol–water partition coefficient (Wildman–Crippen LogP) is 3.37. The van der Waals surface area contributed by atoms with E-state index in [4.69, 9.17) is 9.47 Å². The SMILES string of the molecule is COc1cc(C)c(NC(=O)CCc2nc3sc4c(c3c(=O)[nH]2)CCC4)cc1OC. The van der Waals surface area contributed by atoms with E-state index in [1.54, 1.807) is 31.6 Å². The number of methoxy groups -OCH3 is 2. The van der Waals surface area contributed by atoms with E-state index in [0.29, 0.717) is 29.4 Å². The fourth-order valence-corrected chi connectivity index (χ4v) is 5.01. The molecule has 2 heterocycles. The summed E-state index contributed by atoms with van der Waals surface area (Å²) in [6.07, 6.45) is 3.66. The van der Waals surface area contributed by atoms with Crippen LogP contribution in [0.2, 0.25) is 0 Å². The maximum absolute atomic E-state index is 12.5. The Balaban J connectivity index is 1.47. The Morgan fingerprint density at radius 3 is 2.76 bits per heavy atom. The molecule has 0 bridgehead atoms. The first kappa shape index (κ1) is 19.4. The Bertz CT molecular complexity index is 1150. The van der Waals surface area contributed by atoms with Crippen molar-refractivity contribution in [1.82, 2.24) is 9.97 Å². The molecule has 1 amide bonds. The van der Waals surface area contributed by atoms with E-state index in [9.17, 15) is 9.59 Å². The number of aromatic nitrogens is 2. The Hall–Kier alpha value is -2.87. The van der Waals surface area contributed by atoms with Gasteiger partial charge in [-0.2, -0.15) is 0 Å². The van der Waals surface area contributed by atoms with Crippen molar-refractivity contribution in [2.45, 2.75) is 39.0 Å². The molecule has 0 spiro atoms. The smallest absolute Gasteiger partial charge is 0.259 e. The zero-order valence-electron chi connectivity index (χ0n) is 16.7. The van der Waals surface area contributed by atoms with Crippen LogP contribution in [-0.2, 0) is 24.1 Å². The lowest BCUT2D eigenvalue weighted by Gasteiger charge is -2.13. The highest BCUT2D eigenvalue weighted by Gasteiger charge is 2.21. The third kappa shape index (κ3) is 3.72. The predicted molar refractivity (Wildman–Crippen MR) is 113 cm³/mol. The summed E-state index contributed by atoms with van der Waals surface area (Å²) in [4.78, 5) is 34.5. The number of ether oxygens (including phenoxy) is 2. The van der Waals surface area contributed by atoms with Gasteiger partial charge in [0.15, 0.2) is 11.5 Å². The van der Waals surface area contributed by atoms with Crippen LogP contribution in [0, 0.1) is 6.92 Å². The number of carbonyl (C=O) groups excluding carboxylic acids is 1. The monoisotopic (exact) mass is 413 g/mol. The van der Waals surface area contributed by atoms with E-state index < -0.39 is 0 Å². The van der Waals surface area contributed by atoms with E-state index in [-0.39, 0.29) is 17.9 Å². The summed E-state index contributed by atoms with van der Waals surface area (Å²) in [7, 11) is 3.12. The van der Waals surface area contributed by atoms with Gasteiger partial charge in [0.1, 0.15) is 10.7 Å². The number of anilines is 1. The Labute approximate surface area is 172 Å². The first-order valence-corrected chi connectivity index (χ1v) is 10.4. The number of rotatable bonds is 6. The van der Waals surface area contributed by atoms with Gasteiger partial charge in [-0.05, 0) is 43.4 Å². The van der Waals surface area contributed by atoms with Gasteiger partial charge in [0.05, 0.1) is 19.6 Å². The van der Waals surface area contributed by atoms with E-state index >= 15 is 0 Å². The number of hydrogen-bond acceptors (Lipinski definition) is 6. The van der Waals surface area contributed by atoms with Crippen LogP contribution in [0.5, 0.6) is 11.5 Å². The molecule has 8 heteroatoms. The van der Waals surface area contributed by atoms with Crippen molar-refractivity contribution in [2.24, 2.45) is 0 Å². The van der Waals surface area contributed by atoms with Crippen LogP contribution in [0.25, 0.3) is 10.2 Å². The van der Waals surface area contributed by atoms with Crippen molar-refractivity contribution in [2.75, 3.05) is 19.5 Å². The number of fused-ring (bicyclic) bond motifs is 3. The summed E-state index contributed by atoms with van der Waals surface area (Å²) in [5, 5.41) is 3.63. The number of aryl methyl sites for hydroxylation is 4. The number of benzene rings is 1. The third-order valence-corrected chi connectivity index (χ3v) is 6.40. The van der Waals surface area contributed by atoms with Crippen LogP contribution in [-0.4, -0.2) is 30.1 Å². The lowest BCUT2D eigenvalue weighted by Crippen LogP contribution is -2.16. The minimum absolute atomic E-state index is 0.0967. The van der Waals surface area contributed by atoms with Crippen molar-refractivity contribution in [1.29, 1.82) is 0 Å². The molecule has 4 rings (SSSR count). The average Bonchev–Trinajstić information content (AvgIpc) is 3.28. The Morgan fingerprint density at radius 1 is 1.24 bits per heavy atom. The van der Waals surface area contributed by atoms with E-state index in [1.807, 2.05) is 13.0 Å². The van der Waals surface area contributed by atoms with Crippen LogP contribution < -0.4 is 20.3 Å². The van der Waals surface area contributed by atoms with Crippen LogP contribution >= 0.6 is 11.3 Å². The molecule has 2 aromatic heterocycles. The molecular weight excluding hydrogens is 390 g/mol. The van der Waals surface area contributed by atoms with Gasteiger partial charge >= 0.3 is 0 Å². The Kier molecular flexibility index (Phi) is 5.27. The second kappa shape index (κ2) is 7.87. The summed E-state index contributed by atoms with van der Waals surface area (Å²) in [6, 6.07) is 3.56. The summed E-state index contributed by atoms with van der Waals surface area (Å²) in [5.74, 6) is 1.55. The topological polar surface area (TPSA) is 93.3 Å². The second-order valence-electron chi connectivity index (χ2n) is 7.12. The number of aromatic amines is 1. The molecule has 0 radical (unpaired) electrons. The highest BCUT2D eigenvalue weighted by molar-refractivity contribution is 7.18. The molecule has 1 aliphatic rings. The molecule has 1 aliphatic carbocycles. The number of nitrogens with zero attached hydrogens (tertiary/aromatic N) is 1. The van der Waals surface area contributed by atoms with Gasteiger partial charge in [0.2, 0.25) is 5.91 Å². The fourth-order valence-electron chi connectivity index (χ4n) is 3.73. The van der Waals surface area contributed by atoms with Gasteiger partial charge < -0.3 is 19.8 Å². The number of hydrogen-bond donors (Lipinski definition) is 2. The molecule has 2 N–H and O–H groups in total. The molecule has 0 saturated carbocycles. The molecular formula is C21H23N3O4S. The lowest BCUT2D eigenvalue weighted by molar-refractivity contribution is -0.116. The molecule has 0 unspecified atom stereocenters. The zero-order chi connectivity index (χ0) is 20.5. The number of nitrogens with one attached hydrogen (secondary N) is 2. The average molecular weight is 413 g/mol. The summed E-state index contributed by atoms with van der Waals surface area (Å²) >= 11 is 1.60. The maximum atomic E-state index is 12.5. The maximum Gasteiger partial charge on any atom is 0.259 e. The highest BCUT2D eigenvalue weighted by Crippen LogP contribution is 2.35. The number of carbonyl (C=O) groups is 1. The molecule has 0 fully saturated rings. The largest absolute Gasteiger partial charge is 0.493 e. The van der Waals surface area contributed by atoms with Gasteiger partial charge in [-0.15, -0.1) is 11.3 Å². The number of thiophene rings is 1. The van der Waals surface area contributed by atoms with Gasteiger partial charge in [0.25, 0.3) is 5.56 Å². The summed E-state index contributed by atoms with van der Waals surface area (Å²) < 4.78 is 10.6. The zero-order valence-corrected chi connectivity index (χ0v) is 17.5. The summed E-state index contributed by atoms with van der Waals surface area (Å²) in [5.41, 5.74) is 2.60. The van der Waals surface area contributed by atoms with Crippen LogP contribution in [0.15, 0.2) is 16.9 Å². The van der Waals surface area contributed by atoms with Gasteiger partial charge in [0, 0.05) is 29.5 Å². The third-order valence-electron chi connectivity index (χ3n) is 5.22. The molecule has 152 valence electrons. The fraction of sp³-hybridized carbons (Fsp3) is 0.381. The van der Waals surface area contributed by atoms with Crippen molar-refractivity contribution in [3.63, 3.8) is 0 Å². The van der Waals surface area contributed by atoms with Crippen molar-refractivity contribution >= 4 is 33.1 Å². The van der Waals surface area contributed by atoms with E-state index in [1.165, 1.54) is 4.88 Å². The molecule has 0 saturated heterocycles. The second-order valence-corrected chi connectivity index (χ2v) is 8.20. The summed E-state index contributed by atoms with van der Waals surface area (Å²) in [6.45, 7) is 1.89. The standard InChI is InChI=1S/C21H23N3O4S/c1-11-9-14(27-2)15(28-3)10-13(11)22-18(25)8-7-17-23-20(26)19-12-5-4-6-16(12)29-21(19)24-17/h9-10H,4-8H2,1-3H3,(H,22,25)(H,23,24,26). The van der Waals surface area contributed by atoms with Crippen LogP contribution in [0.1, 0.15) is 34.7 Å². The molecule has 3 aromatic rings. The van der Waals surface area contributed by atoms with Crippen molar-refractivity contribution in [3.8, 4) is 11.5 Å². The highest BCUT2D eigenvalue weighted by atomic mass is 32.1. The van der Waals surface area contributed by atoms with Gasteiger partial charge in [-0.25, -0.2) is 4.98 Å². The van der Waals surface area contributed by atoms with Crippen molar-refractivity contribution in [3.05, 3.63) is 44.3 Å². The molecule has 1 aromatic carbocycles. The van der Waals surface area contributed by atoms with Crippen LogP contribution in [0.4, 0.5) is 5.69 Å². The number of H-pyrrole nitrogens is 1. The van der Waals surface area contributed by atoms with E-state index in [0.717, 1.165) is 40.6 Å². The molecule has 29 heavy (non-hydrogen) atoms. The minimum atomic E-state index is -0.156. The molecule has 0 aliphatic heterocycles. The molecule has 7 nitrogen and oxygen atoms in total. The van der Waals surface area contributed by atoms with E-state index in [2.05, 4.69) is 15.3 Å². The number of amides is 1. The first-order chi connectivity index (χ1) is 14.0. The lowest BCUT2D eigenvalue weighted by atomic mass is 10.1. The Morgan fingerprint density at radius 2 is 2.00 bits per heavy atom. The molecule has 0 atom stereocenters. The van der Waals surface area contributed by atoms with Crippen LogP contribution in [0.3, 0.4) is 0 Å². The normalized spacial score (nSPS) is 12.8. The minimum Gasteiger partial charge on any atom is -0.493 e. The first-order valence-electron chi connectivity index (χ1n) is 9.56.